The molecule has 1 amide bonds. The first-order chi connectivity index (χ1) is 14.1. The van der Waals surface area contributed by atoms with Gasteiger partial charge < -0.3 is 15.5 Å². The molecule has 0 bridgehead atoms. The number of aryl methyl sites for hydroxylation is 1. The molecule has 2 aliphatic rings. The van der Waals surface area contributed by atoms with Gasteiger partial charge in [-0.15, -0.1) is 0 Å². The zero-order valence-corrected chi connectivity index (χ0v) is 16.7. The maximum absolute atomic E-state index is 11.5. The number of hydrogen-bond acceptors (Lipinski definition) is 6. The Labute approximate surface area is 171 Å². The predicted octanol–water partition coefficient (Wildman–Crippen LogP) is 3.08. The Morgan fingerprint density at radius 1 is 1.24 bits per heavy atom. The molecule has 7 nitrogen and oxygen atoms in total. The molecule has 1 aromatic heterocycles. The highest BCUT2D eigenvalue weighted by molar-refractivity contribution is 5.73. The van der Waals surface area contributed by atoms with Gasteiger partial charge in [0.1, 0.15) is 5.82 Å². The number of anilines is 3. The van der Waals surface area contributed by atoms with Crippen molar-refractivity contribution in [3.05, 3.63) is 41.1 Å². The molecule has 0 spiro atoms. The zero-order chi connectivity index (χ0) is 20.2. The van der Waals surface area contributed by atoms with Crippen molar-refractivity contribution < 1.29 is 4.79 Å². The van der Waals surface area contributed by atoms with Crippen molar-refractivity contribution in [2.45, 2.75) is 51.5 Å². The van der Waals surface area contributed by atoms with Crippen LogP contribution < -0.4 is 15.5 Å². The molecular formula is C22H26N6O. The molecule has 1 aliphatic heterocycles. The molecule has 29 heavy (non-hydrogen) atoms. The first kappa shape index (κ1) is 19.2. The predicted molar refractivity (Wildman–Crippen MR) is 112 cm³/mol. The number of carbonyl (C=O) groups is 1. The minimum Gasteiger partial charge on any atom is -0.354 e. The van der Waals surface area contributed by atoms with Gasteiger partial charge in [-0.1, -0.05) is 6.07 Å². The summed E-state index contributed by atoms with van der Waals surface area (Å²) >= 11 is 0. The summed E-state index contributed by atoms with van der Waals surface area (Å²) in [6.07, 6.45) is 6.27. The van der Waals surface area contributed by atoms with Crippen LogP contribution in [-0.4, -0.2) is 35.0 Å². The number of benzene rings is 1. The number of nitrogens with zero attached hydrogens (tertiary/aromatic N) is 4. The van der Waals surface area contributed by atoms with E-state index in [2.05, 4.69) is 21.6 Å². The topological polar surface area (TPSA) is 93.9 Å². The van der Waals surface area contributed by atoms with Crippen LogP contribution in [0.1, 0.15) is 49.4 Å². The van der Waals surface area contributed by atoms with Gasteiger partial charge in [0, 0.05) is 37.3 Å². The normalized spacial score (nSPS) is 18.5. The summed E-state index contributed by atoms with van der Waals surface area (Å²) in [4.78, 5) is 23.5. The third kappa shape index (κ3) is 4.48. The van der Waals surface area contributed by atoms with Crippen molar-refractivity contribution in [1.29, 1.82) is 5.26 Å². The van der Waals surface area contributed by atoms with Crippen molar-refractivity contribution in [1.82, 2.24) is 15.3 Å². The number of fused-ring (bicyclic) bond motifs is 1. The summed E-state index contributed by atoms with van der Waals surface area (Å²) < 4.78 is 0. The number of piperidine rings is 1. The van der Waals surface area contributed by atoms with E-state index in [1.54, 1.807) is 19.1 Å². The van der Waals surface area contributed by atoms with E-state index in [1.807, 2.05) is 12.1 Å². The first-order valence-electron chi connectivity index (χ1n) is 10.3. The number of nitriles is 1. The molecule has 2 heterocycles. The van der Waals surface area contributed by atoms with Gasteiger partial charge in [-0.25, -0.2) is 4.98 Å². The fraction of sp³-hybridized carbons (Fsp3) is 0.455. The van der Waals surface area contributed by atoms with Gasteiger partial charge in [-0.3, -0.25) is 4.79 Å². The van der Waals surface area contributed by atoms with Gasteiger partial charge in [0.25, 0.3) is 0 Å². The van der Waals surface area contributed by atoms with Crippen LogP contribution in [-0.2, 0) is 17.6 Å². The summed E-state index contributed by atoms with van der Waals surface area (Å²) in [6, 6.07) is 9.66. The molecule has 2 aromatic rings. The van der Waals surface area contributed by atoms with E-state index in [0.29, 0.717) is 11.5 Å². The highest BCUT2D eigenvalue weighted by Gasteiger charge is 2.26. The summed E-state index contributed by atoms with van der Waals surface area (Å²) in [7, 11) is 0. The maximum Gasteiger partial charge on any atom is 0.229 e. The fourth-order valence-corrected chi connectivity index (χ4v) is 4.26. The molecule has 1 aromatic carbocycles. The van der Waals surface area contributed by atoms with Crippen LogP contribution >= 0.6 is 0 Å². The Balaban J connectivity index is 1.64. The second-order valence-electron chi connectivity index (χ2n) is 7.81. The Morgan fingerprint density at radius 3 is 2.93 bits per heavy atom. The summed E-state index contributed by atoms with van der Waals surface area (Å²) in [5, 5.41) is 15.5. The number of carbonyl (C=O) groups excluding carboxylic acids is 1. The highest BCUT2D eigenvalue weighted by atomic mass is 16.1. The van der Waals surface area contributed by atoms with E-state index in [-0.39, 0.29) is 11.9 Å². The molecule has 0 saturated carbocycles. The van der Waals surface area contributed by atoms with E-state index >= 15 is 0 Å². The molecule has 4 rings (SSSR count). The quantitative estimate of drug-likeness (QED) is 0.833. The summed E-state index contributed by atoms with van der Waals surface area (Å²) in [5.41, 5.74) is 3.76. The van der Waals surface area contributed by atoms with Gasteiger partial charge in [0.2, 0.25) is 11.9 Å². The van der Waals surface area contributed by atoms with Gasteiger partial charge in [0.15, 0.2) is 0 Å². The molecule has 1 fully saturated rings. The fourth-order valence-electron chi connectivity index (χ4n) is 4.26. The molecule has 150 valence electrons. The van der Waals surface area contributed by atoms with Gasteiger partial charge in [-0.2, -0.15) is 10.2 Å². The SMILES string of the molecule is CC(=O)NC1CCCN(c2nc(Nc3cccc(C#N)c3)nc3c2CCCC3)C1. The average Bonchev–Trinajstić information content (AvgIpc) is 2.73. The standard InChI is InChI=1S/C22H26N6O/c1-15(29)24-18-8-5-11-28(14-18)21-19-9-2-3-10-20(19)26-22(27-21)25-17-7-4-6-16(12-17)13-23/h4,6-7,12,18H,2-3,5,8-11,14H2,1H3,(H,24,29)(H,25,26,27). The Kier molecular flexibility index (Phi) is 5.61. The van der Waals surface area contributed by atoms with Gasteiger partial charge in [-0.05, 0) is 56.7 Å². The smallest absolute Gasteiger partial charge is 0.229 e. The van der Waals surface area contributed by atoms with Crippen molar-refractivity contribution >= 4 is 23.4 Å². The zero-order valence-electron chi connectivity index (χ0n) is 16.7. The number of hydrogen-bond donors (Lipinski definition) is 2. The molecular weight excluding hydrogens is 364 g/mol. The van der Waals surface area contributed by atoms with E-state index in [9.17, 15) is 4.79 Å². The number of nitrogens with one attached hydrogen (secondary N) is 2. The third-order valence-corrected chi connectivity index (χ3v) is 5.54. The Morgan fingerprint density at radius 2 is 2.10 bits per heavy atom. The molecule has 2 N–H and O–H groups in total. The van der Waals surface area contributed by atoms with Crippen molar-refractivity contribution in [2.75, 3.05) is 23.3 Å². The van der Waals surface area contributed by atoms with Crippen molar-refractivity contribution in [3.63, 3.8) is 0 Å². The summed E-state index contributed by atoms with van der Waals surface area (Å²) in [6.45, 7) is 3.28. The summed E-state index contributed by atoms with van der Waals surface area (Å²) in [5.74, 6) is 1.57. The van der Waals surface area contributed by atoms with Crippen LogP contribution in [0.15, 0.2) is 24.3 Å². The van der Waals surface area contributed by atoms with E-state index in [0.717, 1.165) is 68.8 Å². The van der Waals surface area contributed by atoms with Crippen LogP contribution in [0, 0.1) is 11.3 Å². The lowest BCUT2D eigenvalue weighted by molar-refractivity contribution is -0.119. The van der Waals surface area contributed by atoms with E-state index < -0.39 is 0 Å². The second kappa shape index (κ2) is 8.48. The molecule has 1 atom stereocenters. The molecule has 0 radical (unpaired) electrons. The number of rotatable bonds is 4. The molecule has 7 heteroatoms. The van der Waals surface area contributed by atoms with Crippen LogP contribution in [0.4, 0.5) is 17.5 Å². The van der Waals surface area contributed by atoms with Crippen LogP contribution in [0.3, 0.4) is 0 Å². The second-order valence-corrected chi connectivity index (χ2v) is 7.81. The largest absolute Gasteiger partial charge is 0.354 e. The minimum atomic E-state index is 0.0151. The maximum atomic E-state index is 11.5. The van der Waals surface area contributed by atoms with Crippen molar-refractivity contribution in [3.8, 4) is 6.07 Å². The monoisotopic (exact) mass is 390 g/mol. The van der Waals surface area contributed by atoms with Crippen LogP contribution in [0.5, 0.6) is 0 Å². The lowest BCUT2D eigenvalue weighted by atomic mass is 9.95. The van der Waals surface area contributed by atoms with Crippen LogP contribution in [0.25, 0.3) is 0 Å². The third-order valence-electron chi connectivity index (χ3n) is 5.54. The van der Waals surface area contributed by atoms with Crippen molar-refractivity contribution in [2.24, 2.45) is 0 Å². The van der Waals surface area contributed by atoms with Crippen LogP contribution in [0.2, 0.25) is 0 Å². The lowest BCUT2D eigenvalue weighted by Gasteiger charge is -2.36. The van der Waals surface area contributed by atoms with Gasteiger partial charge >= 0.3 is 0 Å². The first-order valence-corrected chi connectivity index (χ1v) is 10.3. The lowest BCUT2D eigenvalue weighted by Crippen LogP contribution is -2.48. The number of amides is 1. The van der Waals surface area contributed by atoms with Gasteiger partial charge in [0.05, 0.1) is 17.3 Å². The number of aromatic nitrogens is 2. The van der Waals surface area contributed by atoms with E-state index in [1.165, 1.54) is 5.56 Å². The minimum absolute atomic E-state index is 0.0151. The molecule has 1 unspecified atom stereocenters. The Hall–Kier alpha value is -3.14. The molecule has 1 aliphatic carbocycles. The highest BCUT2D eigenvalue weighted by Crippen LogP contribution is 2.31. The van der Waals surface area contributed by atoms with E-state index in [4.69, 9.17) is 15.2 Å². The molecule has 1 saturated heterocycles. The Bertz CT molecular complexity index is 951. The average molecular weight is 390 g/mol.